The Balaban J connectivity index is 0.000000200. The van der Waals surface area contributed by atoms with Gasteiger partial charge in [-0.3, -0.25) is 0 Å². The van der Waals surface area contributed by atoms with Crippen LogP contribution in [0.2, 0.25) is 0 Å². The highest BCUT2D eigenvalue weighted by Crippen LogP contribution is 2.33. The standard InChI is InChI=1S/2C15H16NOS.2BrH/c2*1-10-12(3)18-15-11(2)17-14(9-16(10)15)13-7-5-4-6-8-13;;/h2*4-9,11H,1-3H3;2*1H/q2*+1;;/p-2. The zero-order valence-corrected chi connectivity index (χ0v) is 27.2. The monoisotopic (exact) mass is 674 g/mol. The number of halogens is 2. The highest BCUT2D eigenvalue weighted by atomic mass is 79.9. The molecular formula is C30H32Br2N2O2S2. The first-order chi connectivity index (χ1) is 17.3. The summed E-state index contributed by atoms with van der Waals surface area (Å²) in [6.45, 7) is 12.9. The summed E-state index contributed by atoms with van der Waals surface area (Å²) in [6.07, 6.45) is 4.43. The Morgan fingerprint density at radius 3 is 1.26 bits per heavy atom. The Bertz CT molecular complexity index is 1350. The maximum absolute atomic E-state index is 6.02. The third-order valence-electron chi connectivity index (χ3n) is 6.64. The van der Waals surface area contributed by atoms with Crippen LogP contribution >= 0.6 is 22.7 Å². The maximum Gasteiger partial charge on any atom is 0.284 e. The Morgan fingerprint density at radius 1 is 0.579 bits per heavy atom. The molecule has 8 heteroatoms. The average molecular weight is 677 g/mol. The van der Waals surface area contributed by atoms with Gasteiger partial charge in [-0.05, 0) is 27.7 Å². The fourth-order valence-corrected chi connectivity index (χ4v) is 6.50. The second-order valence-electron chi connectivity index (χ2n) is 9.14. The summed E-state index contributed by atoms with van der Waals surface area (Å²) >= 11 is 3.63. The van der Waals surface area contributed by atoms with E-state index in [9.17, 15) is 0 Å². The molecule has 0 radical (unpaired) electrons. The summed E-state index contributed by atoms with van der Waals surface area (Å²) in [5.74, 6) is 1.89. The lowest BCUT2D eigenvalue weighted by Gasteiger charge is -2.17. The van der Waals surface area contributed by atoms with E-state index in [-0.39, 0.29) is 46.2 Å². The molecule has 4 nitrogen and oxygen atoms in total. The number of aromatic nitrogens is 2. The zero-order chi connectivity index (χ0) is 25.4. The van der Waals surface area contributed by atoms with Crippen molar-refractivity contribution in [2.45, 2.75) is 53.8 Å². The van der Waals surface area contributed by atoms with Crippen LogP contribution in [0.1, 0.15) is 68.3 Å². The van der Waals surface area contributed by atoms with Crippen molar-refractivity contribution in [2.75, 3.05) is 0 Å². The first kappa shape index (κ1) is 30.3. The summed E-state index contributed by atoms with van der Waals surface area (Å²) in [7, 11) is 0. The van der Waals surface area contributed by atoms with Crippen LogP contribution in [0.25, 0.3) is 23.9 Å². The highest BCUT2D eigenvalue weighted by molar-refractivity contribution is 7.11. The van der Waals surface area contributed by atoms with E-state index < -0.39 is 0 Å². The molecule has 0 saturated heterocycles. The number of thiazole rings is 2. The molecule has 6 rings (SSSR count). The summed E-state index contributed by atoms with van der Waals surface area (Å²) in [5, 5.41) is 2.54. The topological polar surface area (TPSA) is 26.2 Å². The minimum atomic E-state index is 0. The van der Waals surface area contributed by atoms with Crippen LogP contribution in [0.4, 0.5) is 0 Å². The van der Waals surface area contributed by atoms with Crippen molar-refractivity contribution in [3.63, 3.8) is 0 Å². The summed E-state index contributed by atoms with van der Waals surface area (Å²) < 4.78 is 16.6. The van der Waals surface area contributed by atoms with Crippen LogP contribution in [0.15, 0.2) is 60.7 Å². The Morgan fingerprint density at radius 2 is 0.921 bits per heavy atom. The van der Waals surface area contributed by atoms with Crippen LogP contribution in [-0.4, -0.2) is 0 Å². The van der Waals surface area contributed by atoms with Crippen LogP contribution < -0.4 is 43.1 Å². The van der Waals surface area contributed by atoms with Gasteiger partial charge in [-0.15, -0.1) is 0 Å². The van der Waals surface area contributed by atoms with E-state index >= 15 is 0 Å². The zero-order valence-electron chi connectivity index (χ0n) is 22.4. The van der Waals surface area contributed by atoms with Gasteiger partial charge in [0.2, 0.25) is 12.4 Å². The van der Waals surface area contributed by atoms with E-state index in [1.807, 2.05) is 59.1 Å². The molecule has 4 heterocycles. The second-order valence-corrected chi connectivity index (χ2v) is 11.6. The summed E-state index contributed by atoms with van der Waals surface area (Å²) in [6, 6.07) is 20.5. The molecule has 200 valence electrons. The van der Waals surface area contributed by atoms with Gasteiger partial charge in [0.15, 0.2) is 35.1 Å². The van der Waals surface area contributed by atoms with Gasteiger partial charge in [-0.2, -0.15) is 9.13 Å². The van der Waals surface area contributed by atoms with E-state index in [1.54, 1.807) is 0 Å². The lowest BCUT2D eigenvalue weighted by atomic mass is 10.2. The van der Waals surface area contributed by atoms with E-state index in [0.29, 0.717) is 0 Å². The van der Waals surface area contributed by atoms with Crippen LogP contribution in [-0.2, 0) is 9.47 Å². The summed E-state index contributed by atoms with van der Waals surface area (Å²) in [4.78, 5) is 2.71. The number of rotatable bonds is 2. The molecule has 0 amide bonds. The van der Waals surface area contributed by atoms with Gasteiger partial charge >= 0.3 is 0 Å². The van der Waals surface area contributed by atoms with Gasteiger partial charge in [-0.25, -0.2) is 0 Å². The molecule has 0 fully saturated rings. The number of hydrogen-bond donors (Lipinski definition) is 0. The van der Waals surface area contributed by atoms with E-state index in [2.05, 4.69) is 87.3 Å². The smallest absolute Gasteiger partial charge is 0.284 e. The number of fused-ring (bicyclic) bond motifs is 2. The van der Waals surface area contributed by atoms with Gasteiger partial charge in [0.25, 0.3) is 10.0 Å². The van der Waals surface area contributed by atoms with Crippen molar-refractivity contribution in [2.24, 2.45) is 0 Å². The fourth-order valence-electron chi connectivity index (χ4n) is 4.38. The summed E-state index contributed by atoms with van der Waals surface area (Å²) in [5.41, 5.74) is 4.87. The maximum atomic E-state index is 6.02. The van der Waals surface area contributed by atoms with Crippen LogP contribution in [0, 0.1) is 27.7 Å². The van der Waals surface area contributed by atoms with Crippen molar-refractivity contribution in [1.29, 1.82) is 0 Å². The molecule has 2 aliphatic heterocycles. The number of nitrogens with zero attached hydrogens (tertiary/aromatic N) is 2. The third-order valence-corrected chi connectivity index (χ3v) is 9.32. The van der Waals surface area contributed by atoms with Gasteiger partial charge < -0.3 is 43.4 Å². The normalized spacial score (nSPS) is 17.0. The molecule has 0 spiro atoms. The molecule has 4 aromatic rings. The minimum absolute atomic E-state index is 0. The molecule has 0 aliphatic carbocycles. The molecule has 0 saturated carbocycles. The predicted molar refractivity (Wildman–Crippen MR) is 148 cm³/mol. The quantitative estimate of drug-likeness (QED) is 0.301. The molecule has 0 N–H and O–H groups in total. The number of aryl methyl sites for hydroxylation is 2. The average Bonchev–Trinajstić information content (AvgIpc) is 3.36. The first-order valence-corrected chi connectivity index (χ1v) is 13.9. The Hall–Kier alpha value is -2.26. The molecule has 38 heavy (non-hydrogen) atoms. The lowest BCUT2D eigenvalue weighted by molar-refractivity contribution is -0.587. The molecule has 2 aliphatic rings. The second kappa shape index (κ2) is 12.7. The molecule has 0 bridgehead atoms. The van der Waals surface area contributed by atoms with Crippen molar-refractivity contribution < 1.29 is 52.6 Å². The van der Waals surface area contributed by atoms with Crippen molar-refractivity contribution in [3.8, 4) is 0 Å². The van der Waals surface area contributed by atoms with E-state index in [1.165, 1.54) is 31.2 Å². The van der Waals surface area contributed by atoms with Crippen molar-refractivity contribution in [3.05, 3.63) is 103 Å². The van der Waals surface area contributed by atoms with Crippen LogP contribution in [0.3, 0.4) is 0 Å². The van der Waals surface area contributed by atoms with Crippen LogP contribution in [0.5, 0.6) is 0 Å². The molecule has 2 unspecified atom stereocenters. The largest absolute Gasteiger partial charge is 1.00 e. The number of benzene rings is 2. The number of ether oxygens (including phenoxy) is 2. The SMILES string of the molecule is Cc1sc2[n+](c1C)C=C(c1ccccc1)OC2C.Cc1sc2[n+](c1C)C=C(c1ccccc1)OC2C.[Br-].[Br-]. The minimum Gasteiger partial charge on any atom is -1.00 e. The molecule has 2 aromatic heterocycles. The van der Waals surface area contributed by atoms with Gasteiger partial charge in [0, 0.05) is 25.0 Å². The van der Waals surface area contributed by atoms with Gasteiger partial charge in [-0.1, -0.05) is 83.3 Å². The van der Waals surface area contributed by atoms with E-state index in [0.717, 1.165) is 22.6 Å². The van der Waals surface area contributed by atoms with Crippen molar-refractivity contribution in [1.82, 2.24) is 0 Å². The predicted octanol–water partition coefficient (Wildman–Crippen LogP) is 1.41. The lowest BCUT2D eigenvalue weighted by Crippen LogP contribution is -3.00. The Kier molecular flexibility index (Phi) is 10.1. The third kappa shape index (κ3) is 5.98. The molecule has 2 atom stereocenters. The van der Waals surface area contributed by atoms with Gasteiger partial charge in [0.1, 0.15) is 0 Å². The van der Waals surface area contributed by atoms with Gasteiger partial charge in [0.05, 0.1) is 9.75 Å². The highest BCUT2D eigenvalue weighted by Gasteiger charge is 2.33. The number of hydrogen-bond acceptors (Lipinski definition) is 4. The molecular weight excluding hydrogens is 644 g/mol. The van der Waals surface area contributed by atoms with E-state index in [4.69, 9.17) is 9.47 Å². The fraction of sp³-hybridized carbons (Fsp3) is 0.267. The Labute approximate surface area is 254 Å². The van der Waals surface area contributed by atoms with Crippen molar-refractivity contribution >= 4 is 46.6 Å². The molecule has 2 aromatic carbocycles. The first-order valence-electron chi connectivity index (χ1n) is 12.2.